The number of quaternary nitrogens is 1. The summed E-state index contributed by atoms with van der Waals surface area (Å²) in [6, 6.07) is 0. The maximum atomic E-state index is 12.7. The van der Waals surface area contributed by atoms with Crippen LogP contribution in [0.2, 0.25) is 0 Å². The fourth-order valence-electron chi connectivity index (χ4n) is 5.68. The summed E-state index contributed by atoms with van der Waals surface area (Å²) in [7, 11) is 1.15. The molecule has 2 atom stereocenters. The minimum Gasteiger partial charge on any atom is -0.756 e. The van der Waals surface area contributed by atoms with Crippen molar-refractivity contribution in [1.82, 2.24) is 0 Å². The number of ether oxygens (including phenoxy) is 2. The van der Waals surface area contributed by atoms with Gasteiger partial charge in [-0.3, -0.25) is 14.2 Å². The van der Waals surface area contributed by atoms with E-state index in [4.69, 9.17) is 18.5 Å². The number of likely N-dealkylation sites (N-methyl/N-ethyl adjacent to an activating group) is 1. The molecule has 0 aromatic rings. The van der Waals surface area contributed by atoms with Crippen LogP contribution in [0.4, 0.5) is 0 Å². The quantitative estimate of drug-likeness (QED) is 0.0199. The molecule has 0 spiro atoms. The fourth-order valence-corrected chi connectivity index (χ4v) is 6.41. The number of phosphoric ester groups is 1. The van der Waals surface area contributed by atoms with Crippen molar-refractivity contribution in [2.45, 2.75) is 187 Å². The molecule has 0 saturated heterocycles. The Labute approximate surface area is 331 Å². The Bertz CT molecular complexity index is 1020. The van der Waals surface area contributed by atoms with Gasteiger partial charge in [0.1, 0.15) is 19.8 Å². The van der Waals surface area contributed by atoms with Gasteiger partial charge in [-0.05, 0) is 70.6 Å². The molecule has 1 unspecified atom stereocenters. The van der Waals surface area contributed by atoms with E-state index in [0.29, 0.717) is 23.9 Å². The number of unbranched alkanes of at least 4 members (excludes halogenated alkanes) is 19. The van der Waals surface area contributed by atoms with Crippen molar-refractivity contribution in [2.75, 3.05) is 47.5 Å². The monoisotopic (exact) mass is 784 g/mol. The van der Waals surface area contributed by atoms with Gasteiger partial charge in [-0.15, -0.1) is 0 Å². The summed E-state index contributed by atoms with van der Waals surface area (Å²) in [6.45, 7) is 4.16. The number of esters is 2. The van der Waals surface area contributed by atoms with Gasteiger partial charge in [-0.1, -0.05) is 134 Å². The SMILES string of the molecule is CCCCC/C=C\C/C=C\CCCCCCCC(=O)OC[C@H](COP(=O)([O-])OCC[N+](C)(C)C)OC(=O)CCCCCCC/C=C\CCCCCCCC. The van der Waals surface area contributed by atoms with E-state index >= 15 is 0 Å². The lowest BCUT2D eigenvalue weighted by atomic mass is 10.1. The van der Waals surface area contributed by atoms with Gasteiger partial charge in [0.25, 0.3) is 7.82 Å². The summed E-state index contributed by atoms with van der Waals surface area (Å²) >= 11 is 0. The number of allylic oxidation sites excluding steroid dienone is 6. The van der Waals surface area contributed by atoms with Crippen molar-refractivity contribution >= 4 is 19.8 Å². The molecule has 0 N–H and O–H groups in total. The second-order valence-corrected chi connectivity index (χ2v) is 17.1. The Balaban J connectivity index is 4.41. The van der Waals surface area contributed by atoms with E-state index < -0.39 is 32.5 Å². The molecular weight excluding hydrogens is 701 g/mol. The molecule has 54 heavy (non-hydrogen) atoms. The normalized spacial score (nSPS) is 14.0. The van der Waals surface area contributed by atoms with Crippen LogP contribution in [0.3, 0.4) is 0 Å². The highest BCUT2D eigenvalue weighted by molar-refractivity contribution is 7.45. The van der Waals surface area contributed by atoms with E-state index in [1.54, 1.807) is 0 Å². The Kier molecular flexibility index (Phi) is 35.6. The van der Waals surface area contributed by atoms with E-state index in [0.717, 1.165) is 70.6 Å². The van der Waals surface area contributed by atoms with Crippen molar-refractivity contribution in [1.29, 1.82) is 0 Å². The summed E-state index contributed by atoms with van der Waals surface area (Å²) in [5.41, 5.74) is 0. The zero-order valence-electron chi connectivity index (χ0n) is 35.4. The van der Waals surface area contributed by atoms with Crippen LogP contribution in [0.1, 0.15) is 181 Å². The average molecular weight is 784 g/mol. The lowest BCUT2D eigenvalue weighted by Gasteiger charge is -2.28. The molecule has 0 heterocycles. The number of nitrogens with zero attached hydrogens (tertiary/aromatic N) is 1. The first kappa shape index (κ1) is 52.2. The number of carbonyl (C=O) groups is 2. The van der Waals surface area contributed by atoms with Gasteiger partial charge >= 0.3 is 11.9 Å². The van der Waals surface area contributed by atoms with Gasteiger partial charge in [-0.2, -0.15) is 0 Å². The maximum absolute atomic E-state index is 12.7. The smallest absolute Gasteiger partial charge is 0.306 e. The molecule has 0 rings (SSSR count). The molecule has 0 aliphatic heterocycles. The van der Waals surface area contributed by atoms with Gasteiger partial charge < -0.3 is 27.9 Å². The topological polar surface area (TPSA) is 111 Å². The average Bonchev–Trinajstić information content (AvgIpc) is 3.12. The van der Waals surface area contributed by atoms with Crippen molar-refractivity contribution < 1.29 is 42.1 Å². The summed E-state index contributed by atoms with van der Waals surface area (Å²) in [5, 5.41) is 0. The highest BCUT2D eigenvalue weighted by Crippen LogP contribution is 2.38. The van der Waals surface area contributed by atoms with E-state index in [-0.39, 0.29) is 26.1 Å². The molecule has 0 radical (unpaired) electrons. The number of rotatable bonds is 39. The van der Waals surface area contributed by atoms with Crippen molar-refractivity contribution in [2.24, 2.45) is 0 Å². The van der Waals surface area contributed by atoms with Crippen LogP contribution in [-0.4, -0.2) is 70.0 Å². The molecule has 0 aromatic heterocycles. The van der Waals surface area contributed by atoms with Crippen molar-refractivity contribution in [3.8, 4) is 0 Å². The number of carbonyl (C=O) groups excluding carboxylic acids is 2. The lowest BCUT2D eigenvalue weighted by Crippen LogP contribution is -2.37. The Morgan fingerprint density at radius 3 is 1.52 bits per heavy atom. The zero-order valence-corrected chi connectivity index (χ0v) is 36.3. The van der Waals surface area contributed by atoms with Gasteiger partial charge in [0.2, 0.25) is 0 Å². The third-order valence-corrected chi connectivity index (χ3v) is 10.1. The van der Waals surface area contributed by atoms with E-state index in [2.05, 4.69) is 50.3 Å². The van der Waals surface area contributed by atoms with Crippen LogP contribution < -0.4 is 4.89 Å². The first-order valence-corrected chi connectivity index (χ1v) is 23.2. The molecule has 0 aromatic carbocycles. The standard InChI is InChI=1S/C44H82NO8P/c1-6-8-10-12-14-16-18-20-22-24-26-28-30-32-34-36-43(46)50-40-42(41-52-54(48,49)51-39-38-45(3,4)5)53-44(47)37-35-33-31-29-27-25-23-21-19-17-15-13-11-9-7-2/h14,16,20-23,42H,6-13,15,17-19,24-41H2,1-5H3/b16-14-,22-20-,23-21-/t42-/m1/s1. The molecule has 316 valence electrons. The van der Waals surface area contributed by atoms with Crippen molar-refractivity contribution in [3.63, 3.8) is 0 Å². The molecule has 10 heteroatoms. The number of phosphoric acid groups is 1. The highest BCUT2D eigenvalue weighted by atomic mass is 31.2. The molecule has 0 amide bonds. The molecule has 0 saturated carbocycles. The molecule has 0 fully saturated rings. The van der Waals surface area contributed by atoms with E-state index in [1.165, 1.54) is 70.6 Å². The van der Waals surface area contributed by atoms with E-state index in [9.17, 15) is 19.0 Å². The van der Waals surface area contributed by atoms with Crippen LogP contribution in [0.5, 0.6) is 0 Å². The second-order valence-electron chi connectivity index (χ2n) is 15.7. The molecule has 0 aliphatic rings. The zero-order chi connectivity index (χ0) is 40.0. The first-order valence-electron chi connectivity index (χ1n) is 21.7. The summed E-state index contributed by atoms with van der Waals surface area (Å²) in [4.78, 5) is 37.5. The third-order valence-electron chi connectivity index (χ3n) is 9.13. The third kappa shape index (κ3) is 39.9. The van der Waals surface area contributed by atoms with Crippen LogP contribution >= 0.6 is 7.82 Å². The van der Waals surface area contributed by atoms with Gasteiger partial charge in [0.05, 0.1) is 27.7 Å². The van der Waals surface area contributed by atoms with Gasteiger partial charge in [0, 0.05) is 12.8 Å². The molecule has 0 bridgehead atoms. The Morgan fingerprint density at radius 2 is 1.00 bits per heavy atom. The Hall–Kier alpha value is -1.77. The summed E-state index contributed by atoms with van der Waals surface area (Å²) in [5.74, 6) is -0.860. The van der Waals surface area contributed by atoms with E-state index in [1.807, 2.05) is 21.1 Å². The summed E-state index contributed by atoms with van der Waals surface area (Å²) < 4.78 is 33.8. The molecule has 0 aliphatic carbocycles. The van der Waals surface area contributed by atoms with Crippen molar-refractivity contribution in [3.05, 3.63) is 36.5 Å². The Morgan fingerprint density at radius 1 is 0.574 bits per heavy atom. The van der Waals surface area contributed by atoms with Crippen LogP contribution in [0.15, 0.2) is 36.5 Å². The second kappa shape index (κ2) is 36.8. The lowest BCUT2D eigenvalue weighted by molar-refractivity contribution is -0.870. The number of hydrogen-bond donors (Lipinski definition) is 0. The van der Waals surface area contributed by atoms with Crippen LogP contribution in [0.25, 0.3) is 0 Å². The predicted molar refractivity (Wildman–Crippen MR) is 222 cm³/mol. The molecule has 9 nitrogen and oxygen atoms in total. The fraction of sp³-hybridized carbons (Fsp3) is 0.818. The van der Waals surface area contributed by atoms with Crippen LogP contribution in [-0.2, 0) is 32.7 Å². The van der Waals surface area contributed by atoms with Gasteiger partial charge in [-0.25, -0.2) is 0 Å². The first-order chi connectivity index (χ1) is 26.0. The minimum absolute atomic E-state index is 0.0350. The summed E-state index contributed by atoms with van der Waals surface area (Å²) in [6.07, 6.45) is 40.2. The predicted octanol–water partition coefficient (Wildman–Crippen LogP) is 11.5. The highest BCUT2D eigenvalue weighted by Gasteiger charge is 2.21. The largest absolute Gasteiger partial charge is 0.756 e. The van der Waals surface area contributed by atoms with Crippen LogP contribution in [0, 0.1) is 0 Å². The molecular formula is C44H82NO8P. The van der Waals surface area contributed by atoms with Gasteiger partial charge in [0.15, 0.2) is 6.10 Å². The number of hydrogen-bond acceptors (Lipinski definition) is 8. The minimum atomic E-state index is -4.63. The maximum Gasteiger partial charge on any atom is 0.306 e.